The molecule has 112 valence electrons. The Morgan fingerprint density at radius 1 is 1.16 bits per heavy atom. The van der Waals surface area contributed by atoms with Crippen LogP contribution in [0, 0.1) is 0 Å². The molecule has 0 aromatic heterocycles. The smallest absolute Gasteiger partial charge is 0.326 e. The van der Waals surface area contributed by atoms with Crippen molar-refractivity contribution in [1.82, 2.24) is 0 Å². The molecule has 0 aromatic carbocycles. The number of likely N-dealkylation sites (tertiary alicyclic amines) is 1. The van der Waals surface area contributed by atoms with Crippen molar-refractivity contribution in [3.05, 3.63) is 0 Å². The number of piperidine rings is 1. The van der Waals surface area contributed by atoms with Crippen LogP contribution >= 0.6 is 24.4 Å². The van der Waals surface area contributed by atoms with Crippen LogP contribution in [0.2, 0.25) is 0 Å². The van der Waals surface area contributed by atoms with Gasteiger partial charge in [0.1, 0.15) is 0 Å². The van der Waals surface area contributed by atoms with Gasteiger partial charge in [0.05, 0.1) is 33.1 Å². The van der Waals surface area contributed by atoms with Gasteiger partial charge in [-0.05, 0) is 50.1 Å². The highest BCUT2D eigenvalue weighted by molar-refractivity contribution is 8.32. The lowest BCUT2D eigenvalue weighted by Gasteiger charge is -2.37. The summed E-state index contributed by atoms with van der Waals surface area (Å²) >= 11 is 6.16. The fourth-order valence-electron chi connectivity index (χ4n) is 2.66. The Kier molecular flexibility index (Phi) is 9.25. The number of unbranched alkanes of at least 4 members (excludes halogenated alkanes) is 2. The Morgan fingerprint density at radius 3 is 2.58 bits per heavy atom. The Labute approximate surface area is 129 Å². The Balaban J connectivity index is 2.07. The van der Waals surface area contributed by atoms with Crippen molar-refractivity contribution < 1.29 is 8.91 Å². The van der Waals surface area contributed by atoms with Gasteiger partial charge < -0.3 is 4.48 Å². The average molecular weight is 306 g/mol. The van der Waals surface area contributed by atoms with Gasteiger partial charge in [0.25, 0.3) is 6.61 Å². The molecule has 0 unspecified atom stereocenters. The van der Waals surface area contributed by atoms with Gasteiger partial charge in [0.15, 0.2) is 0 Å². The number of hydrogen-bond acceptors (Lipinski definition) is 1. The van der Waals surface area contributed by atoms with Gasteiger partial charge in [0, 0.05) is 5.75 Å². The van der Waals surface area contributed by atoms with Crippen LogP contribution in [-0.4, -0.2) is 48.0 Å². The third-order valence-corrected chi connectivity index (χ3v) is 5.31. The van der Waals surface area contributed by atoms with E-state index in [0.29, 0.717) is 0 Å². The first kappa shape index (κ1) is 17.4. The van der Waals surface area contributed by atoms with E-state index in [1.807, 2.05) is 0 Å². The number of hydrogen-bond donors (Lipinski definition) is 1. The predicted octanol–water partition coefficient (Wildman–Crippen LogP) is 4.52. The largest absolute Gasteiger partial charge is 0.411 e. The lowest BCUT2D eigenvalue weighted by molar-refractivity contribution is -0.914. The lowest BCUT2D eigenvalue weighted by Crippen LogP contribution is -2.48. The van der Waals surface area contributed by atoms with Crippen molar-refractivity contribution in [2.24, 2.45) is 0 Å². The van der Waals surface area contributed by atoms with Gasteiger partial charge >= 0.3 is 4.45 Å². The normalized spacial score (nSPS) is 19.6. The minimum Gasteiger partial charge on any atom is -0.326 e. The zero-order chi connectivity index (χ0) is 14.0. The maximum absolute atomic E-state index is 5.69. The van der Waals surface area contributed by atoms with Gasteiger partial charge in [-0.25, -0.2) is 4.42 Å². The van der Waals surface area contributed by atoms with Crippen molar-refractivity contribution in [2.75, 3.05) is 39.0 Å². The Hall–Kier alpha value is 0.330. The van der Waals surface area contributed by atoms with E-state index < -0.39 is 0 Å². The van der Waals surface area contributed by atoms with Gasteiger partial charge in [-0.15, -0.1) is 0 Å². The summed E-state index contributed by atoms with van der Waals surface area (Å²) in [6.07, 6.45) is 9.22. The van der Waals surface area contributed by atoms with Gasteiger partial charge in [-0.2, -0.15) is 0 Å². The molecule has 1 fully saturated rings. The molecule has 19 heavy (non-hydrogen) atoms. The van der Waals surface area contributed by atoms with Gasteiger partial charge in [-0.1, -0.05) is 19.8 Å². The van der Waals surface area contributed by atoms with E-state index in [0.717, 1.165) is 23.2 Å². The van der Waals surface area contributed by atoms with Crippen molar-refractivity contribution in [3.63, 3.8) is 0 Å². The molecule has 1 aliphatic rings. The molecule has 1 heterocycles. The monoisotopic (exact) mass is 305 g/mol. The lowest BCUT2D eigenvalue weighted by atomic mass is 10.1. The van der Waals surface area contributed by atoms with Gasteiger partial charge in [0.2, 0.25) is 0 Å². The van der Waals surface area contributed by atoms with Crippen LogP contribution in [0.3, 0.4) is 0 Å². The fraction of sp³-hybridized carbons (Fsp3) is 0.933. The van der Waals surface area contributed by atoms with Crippen LogP contribution in [0.1, 0.15) is 51.9 Å². The van der Waals surface area contributed by atoms with Crippen LogP contribution in [0.4, 0.5) is 4.42 Å². The summed E-state index contributed by atoms with van der Waals surface area (Å²) in [5.74, 6) is 1.14. The average Bonchev–Trinajstić information content (AvgIpc) is 2.41. The summed E-state index contributed by atoms with van der Waals surface area (Å²) in [6, 6.07) is 0. The zero-order valence-corrected chi connectivity index (χ0v) is 14.4. The van der Waals surface area contributed by atoms with E-state index in [4.69, 9.17) is 4.42 Å². The van der Waals surface area contributed by atoms with Crippen molar-refractivity contribution >= 4 is 28.8 Å². The zero-order valence-electron chi connectivity index (χ0n) is 12.7. The summed E-state index contributed by atoms with van der Waals surface area (Å²) in [5, 5.41) is 0. The summed E-state index contributed by atoms with van der Waals surface area (Å²) < 4.78 is 7.80. The Bertz CT molecular complexity index is 263. The van der Waals surface area contributed by atoms with E-state index >= 15 is 0 Å². The van der Waals surface area contributed by atoms with Crippen LogP contribution in [0.25, 0.3) is 0 Å². The highest BCUT2D eigenvalue weighted by atomic mass is 32.2. The second kappa shape index (κ2) is 10.1. The highest BCUT2D eigenvalue weighted by Crippen LogP contribution is 2.18. The molecule has 2 nitrogen and oxygen atoms in total. The second-order valence-corrected chi connectivity index (χ2v) is 7.65. The third kappa shape index (κ3) is 8.26. The standard InChI is InChI=1S/C15H30NOS2/c1-3-4-8-14-19-15(18)17-13-9-12-16(2)10-6-5-7-11-16/h3-14H2,1-2H3/q+1/p+1. The minimum atomic E-state index is 0.827. The first-order valence-electron chi connectivity index (χ1n) is 7.81. The molecular weight excluding hydrogens is 274 g/mol. The molecule has 0 saturated carbocycles. The number of carbonyl (C=O) groups excluding carboxylic acids is 1. The van der Waals surface area contributed by atoms with Crippen LogP contribution in [0.15, 0.2) is 0 Å². The molecule has 1 saturated heterocycles. The van der Waals surface area contributed by atoms with Crippen LogP contribution in [-0.2, 0) is 0 Å². The molecule has 0 aromatic rings. The number of thioether (sulfide) groups is 1. The number of quaternary nitrogens is 1. The molecule has 0 amide bonds. The first-order chi connectivity index (χ1) is 9.16. The molecule has 0 bridgehead atoms. The van der Waals surface area contributed by atoms with Crippen LogP contribution < -0.4 is 0 Å². The molecule has 0 atom stereocenters. The highest BCUT2D eigenvalue weighted by Gasteiger charge is 2.24. The summed E-state index contributed by atoms with van der Waals surface area (Å²) in [4.78, 5) is 0. The SMILES string of the molecule is CCCCCSC(S)=[O+]CCC[N+]1(C)CCCCC1. The Morgan fingerprint density at radius 2 is 1.89 bits per heavy atom. The summed E-state index contributed by atoms with van der Waals surface area (Å²) in [7, 11) is 2.39. The van der Waals surface area contributed by atoms with Crippen molar-refractivity contribution in [3.8, 4) is 0 Å². The maximum Gasteiger partial charge on any atom is 0.411 e. The fourth-order valence-corrected chi connectivity index (χ4v) is 3.71. The minimum absolute atomic E-state index is 0.827. The molecule has 0 aliphatic carbocycles. The molecule has 4 heteroatoms. The molecule has 1 rings (SSSR count). The van der Waals surface area contributed by atoms with Crippen molar-refractivity contribution in [1.29, 1.82) is 0 Å². The molecule has 1 aliphatic heterocycles. The van der Waals surface area contributed by atoms with Crippen molar-refractivity contribution in [2.45, 2.75) is 51.9 Å². The first-order valence-corrected chi connectivity index (χ1v) is 9.25. The molecule has 0 radical (unpaired) electrons. The third-order valence-electron chi connectivity index (χ3n) is 3.94. The van der Waals surface area contributed by atoms with E-state index in [-0.39, 0.29) is 0 Å². The van der Waals surface area contributed by atoms with E-state index in [9.17, 15) is 0 Å². The second-order valence-electron chi connectivity index (χ2n) is 5.87. The predicted molar refractivity (Wildman–Crippen MR) is 90.5 cm³/mol. The van der Waals surface area contributed by atoms with E-state index in [1.165, 1.54) is 62.6 Å². The number of thiol groups is 1. The van der Waals surface area contributed by atoms with E-state index in [1.54, 1.807) is 11.8 Å². The molecule has 0 N–H and O–H groups in total. The number of nitrogens with zero attached hydrogens (tertiary/aromatic N) is 1. The van der Waals surface area contributed by atoms with Crippen LogP contribution in [0.5, 0.6) is 0 Å². The molecule has 0 spiro atoms. The van der Waals surface area contributed by atoms with E-state index in [2.05, 4.69) is 26.6 Å². The topological polar surface area (TPSA) is 11.3 Å². The molecular formula is C15H31NOS2+2. The quantitative estimate of drug-likeness (QED) is 0.301. The number of rotatable bonds is 8. The maximum atomic E-state index is 5.69. The summed E-state index contributed by atoms with van der Waals surface area (Å²) in [6.45, 7) is 7.01. The summed E-state index contributed by atoms with van der Waals surface area (Å²) in [5.41, 5.74) is 0. The van der Waals surface area contributed by atoms with Gasteiger partial charge in [-0.3, -0.25) is 0 Å².